The topological polar surface area (TPSA) is 63.5 Å². The van der Waals surface area contributed by atoms with Crippen molar-refractivity contribution in [3.63, 3.8) is 0 Å². The van der Waals surface area contributed by atoms with Crippen LogP contribution in [0.3, 0.4) is 0 Å². The molecule has 6 heteroatoms. The van der Waals surface area contributed by atoms with E-state index in [1.165, 1.54) is 5.52 Å². The lowest BCUT2D eigenvalue weighted by molar-refractivity contribution is 0.195. The Bertz CT molecular complexity index is 620. The van der Waals surface area contributed by atoms with E-state index in [0.29, 0.717) is 0 Å². The van der Waals surface area contributed by atoms with Crippen LogP contribution in [-0.2, 0) is 11.3 Å². The molecule has 0 bridgehead atoms. The number of rotatable bonds is 7. The maximum absolute atomic E-state index is 5.03. The van der Waals surface area contributed by atoms with Gasteiger partial charge in [0.15, 0.2) is 5.96 Å². The Kier molecular flexibility index (Phi) is 6.21. The lowest BCUT2D eigenvalue weighted by atomic mass is 10.3. The van der Waals surface area contributed by atoms with Gasteiger partial charge in [-0.15, -0.1) is 0 Å². The fourth-order valence-electron chi connectivity index (χ4n) is 2.41. The zero-order valence-corrected chi connectivity index (χ0v) is 13.6. The number of para-hydroxylation sites is 2. The molecule has 0 radical (unpaired) electrons. The summed E-state index contributed by atoms with van der Waals surface area (Å²) in [5.41, 5.74) is 2.21. The highest BCUT2D eigenvalue weighted by Crippen LogP contribution is 2.14. The zero-order chi connectivity index (χ0) is 15.8. The van der Waals surface area contributed by atoms with Crippen LogP contribution in [0.2, 0.25) is 0 Å². The van der Waals surface area contributed by atoms with E-state index in [1.54, 1.807) is 14.2 Å². The van der Waals surface area contributed by atoms with Gasteiger partial charge in [0.05, 0.1) is 11.0 Å². The molecule has 1 aromatic heterocycles. The third-order valence-electron chi connectivity index (χ3n) is 3.51. The molecule has 0 aliphatic rings. The van der Waals surface area contributed by atoms with E-state index >= 15 is 0 Å². The fourth-order valence-corrected chi connectivity index (χ4v) is 2.41. The van der Waals surface area contributed by atoms with Crippen LogP contribution in [0.1, 0.15) is 12.2 Å². The van der Waals surface area contributed by atoms with Gasteiger partial charge in [-0.3, -0.25) is 4.99 Å². The molecule has 0 atom stereocenters. The van der Waals surface area contributed by atoms with E-state index in [0.717, 1.165) is 50.0 Å². The predicted octanol–water partition coefficient (Wildman–Crippen LogP) is 1.55. The number of methoxy groups -OCH3 is 1. The van der Waals surface area contributed by atoms with Crippen molar-refractivity contribution in [1.29, 1.82) is 0 Å². The van der Waals surface area contributed by atoms with Crippen LogP contribution in [0.5, 0.6) is 0 Å². The molecule has 0 aliphatic heterocycles. The average Bonchev–Trinajstić information content (AvgIpc) is 2.85. The van der Waals surface area contributed by atoms with E-state index in [9.17, 15) is 0 Å². The quantitative estimate of drug-likeness (QED) is 0.463. The Morgan fingerprint density at radius 1 is 1.27 bits per heavy atom. The summed E-state index contributed by atoms with van der Waals surface area (Å²) in [6, 6.07) is 8.21. The van der Waals surface area contributed by atoms with E-state index in [4.69, 9.17) is 4.74 Å². The highest BCUT2D eigenvalue weighted by atomic mass is 16.5. The summed E-state index contributed by atoms with van der Waals surface area (Å²) in [7, 11) is 3.49. The molecule has 0 unspecified atom stereocenters. The largest absolute Gasteiger partial charge is 0.385 e. The van der Waals surface area contributed by atoms with Gasteiger partial charge in [0.2, 0.25) is 0 Å². The lowest BCUT2D eigenvalue weighted by Crippen LogP contribution is -2.39. The first-order chi connectivity index (χ1) is 10.8. The molecule has 6 nitrogen and oxygen atoms in total. The molecule has 0 saturated heterocycles. The summed E-state index contributed by atoms with van der Waals surface area (Å²) < 4.78 is 7.25. The van der Waals surface area contributed by atoms with Crippen molar-refractivity contribution in [2.24, 2.45) is 4.99 Å². The first-order valence-corrected chi connectivity index (χ1v) is 7.61. The van der Waals surface area contributed by atoms with E-state index in [-0.39, 0.29) is 0 Å². The van der Waals surface area contributed by atoms with E-state index in [1.807, 2.05) is 25.1 Å². The molecule has 1 aromatic carbocycles. The molecule has 0 amide bonds. The summed E-state index contributed by atoms with van der Waals surface area (Å²) in [5.74, 6) is 1.85. The van der Waals surface area contributed by atoms with Gasteiger partial charge >= 0.3 is 0 Å². The summed E-state index contributed by atoms with van der Waals surface area (Å²) in [6.45, 7) is 5.29. The third kappa shape index (κ3) is 4.21. The zero-order valence-electron chi connectivity index (χ0n) is 13.6. The summed E-state index contributed by atoms with van der Waals surface area (Å²) in [5, 5.41) is 6.60. The van der Waals surface area contributed by atoms with Crippen molar-refractivity contribution in [2.75, 3.05) is 33.9 Å². The van der Waals surface area contributed by atoms with Gasteiger partial charge < -0.3 is 19.9 Å². The van der Waals surface area contributed by atoms with Gasteiger partial charge in [-0.25, -0.2) is 4.98 Å². The molecule has 0 spiro atoms. The molecule has 0 aliphatic carbocycles. The molecule has 22 heavy (non-hydrogen) atoms. The predicted molar refractivity (Wildman–Crippen MR) is 90.3 cm³/mol. The first kappa shape index (κ1) is 16.3. The standard InChI is InChI=1S/C16H25N5O/c1-13-20-14-7-4-5-8-15(14)21(13)11-10-19-16(17-2)18-9-6-12-22-3/h4-5,7-8H,6,9-12H2,1-3H3,(H2,17,18,19). The SMILES string of the molecule is CN=C(NCCCOC)NCCn1c(C)nc2ccccc21. The number of nitrogens with zero attached hydrogens (tertiary/aromatic N) is 3. The Labute approximate surface area is 131 Å². The Morgan fingerprint density at radius 3 is 2.82 bits per heavy atom. The van der Waals surface area contributed by atoms with E-state index in [2.05, 4.69) is 31.2 Å². The van der Waals surface area contributed by atoms with E-state index < -0.39 is 0 Å². The number of benzene rings is 1. The smallest absolute Gasteiger partial charge is 0.191 e. The minimum Gasteiger partial charge on any atom is -0.385 e. The van der Waals surface area contributed by atoms with Gasteiger partial charge in [-0.2, -0.15) is 0 Å². The maximum Gasteiger partial charge on any atom is 0.191 e. The Balaban J connectivity index is 1.85. The van der Waals surface area contributed by atoms with Crippen molar-refractivity contribution in [3.05, 3.63) is 30.1 Å². The van der Waals surface area contributed by atoms with Gasteiger partial charge in [0, 0.05) is 40.4 Å². The Morgan fingerprint density at radius 2 is 2.05 bits per heavy atom. The minimum absolute atomic E-state index is 0.754. The van der Waals surface area contributed by atoms with Crippen LogP contribution in [0.15, 0.2) is 29.3 Å². The average molecular weight is 303 g/mol. The molecule has 1 heterocycles. The fraction of sp³-hybridized carbons (Fsp3) is 0.500. The second kappa shape index (κ2) is 8.38. The summed E-state index contributed by atoms with van der Waals surface area (Å²) >= 11 is 0. The lowest BCUT2D eigenvalue weighted by Gasteiger charge is -2.13. The number of nitrogens with one attached hydrogen (secondary N) is 2. The highest BCUT2D eigenvalue weighted by Gasteiger charge is 2.06. The summed E-state index contributed by atoms with van der Waals surface area (Å²) in [4.78, 5) is 8.79. The molecule has 2 aromatic rings. The molecule has 0 saturated carbocycles. The van der Waals surface area contributed by atoms with Crippen molar-refractivity contribution < 1.29 is 4.74 Å². The number of hydrogen-bond donors (Lipinski definition) is 2. The van der Waals surface area contributed by atoms with Crippen molar-refractivity contribution in [2.45, 2.75) is 19.9 Å². The second-order valence-corrected chi connectivity index (χ2v) is 5.07. The molecular formula is C16H25N5O. The number of ether oxygens (including phenoxy) is 1. The van der Waals surface area contributed by atoms with Crippen LogP contribution in [0.25, 0.3) is 11.0 Å². The van der Waals surface area contributed by atoms with Crippen molar-refractivity contribution in [3.8, 4) is 0 Å². The van der Waals surface area contributed by atoms with Crippen molar-refractivity contribution in [1.82, 2.24) is 20.2 Å². The number of guanidine groups is 1. The third-order valence-corrected chi connectivity index (χ3v) is 3.51. The summed E-state index contributed by atoms with van der Waals surface area (Å²) in [6.07, 6.45) is 0.961. The molecule has 2 N–H and O–H groups in total. The first-order valence-electron chi connectivity index (χ1n) is 7.61. The van der Waals surface area contributed by atoms with Gasteiger partial charge in [0.25, 0.3) is 0 Å². The maximum atomic E-state index is 5.03. The monoisotopic (exact) mass is 303 g/mol. The number of hydrogen-bond acceptors (Lipinski definition) is 3. The van der Waals surface area contributed by atoms with Crippen LogP contribution in [0, 0.1) is 6.92 Å². The van der Waals surface area contributed by atoms with Crippen LogP contribution >= 0.6 is 0 Å². The second-order valence-electron chi connectivity index (χ2n) is 5.07. The molecular weight excluding hydrogens is 278 g/mol. The normalized spacial score (nSPS) is 11.9. The van der Waals surface area contributed by atoms with Gasteiger partial charge in [-0.1, -0.05) is 12.1 Å². The molecule has 0 fully saturated rings. The number of aryl methyl sites for hydroxylation is 1. The van der Waals surface area contributed by atoms with Crippen molar-refractivity contribution >= 4 is 17.0 Å². The van der Waals surface area contributed by atoms with Gasteiger partial charge in [-0.05, 0) is 25.5 Å². The minimum atomic E-state index is 0.754. The number of fused-ring (bicyclic) bond motifs is 1. The van der Waals surface area contributed by atoms with Crippen LogP contribution < -0.4 is 10.6 Å². The Hall–Kier alpha value is -2.08. The molecule has 120 valence electrons. The van der Waals surface area contributed by atoms with Crippen LogP contribution in [0.4, 0.5) is 0 Å². The number of imidazole rings is 1. The number of aromatic nitrogens is 2. The number of aliphatic imine (C=N–C) groups is 1. The molecule has 2 rings (SSSR count). The van der Waals surface area contributed by atoms with Gasteiger partial charge in [0.1, 0.15) is 5.82 Å². The van der Waals surface area contributed by atoms with Crippen LogP contribution in [-0.4, -0.2) is 49.4 Å². The highest BCUT2D eigenvalue weighted by molar-refractivity contribution is 5.79.